The van der Waals surface area contributed by atoms with E-state index in [0.717, 1.165) is 25.0 Å². The zero-order valence-electron chi connectivity index (χ0n) is 6.73. The summed E-state index contributed by atoms with van der Waals surface area (Å²) in [5.74, 6) is 4.73. The number of nitrogens with two attached hydrogens (primary N) is 1. The SMILES string of the molecule is N/N=C1/C[C@H]2CC[C@H]1[C@H]2C(=O)O. The first-order valence-corrected chi connectivity index (χ1v) is 4.23. The van der Waals surface area contributed by atoms with Crippen LogP contribution in [0.1, 0.15) is 19.3 Å². The van der Waals surface area contributed by atoms with Crippen molar-refractivity contribution in [1.29, 1.82) is 0 Å². The Bertz CT molecular complexity index is 249. The highest BCUT2D eigenvalue weighted by Gasteiger charge is 2.49. The third kappa shape index (κ3) is 0.838. The second-order valence-electron chi connectivity index (χ2n) is 3.63. The van der Waals surface area contributed by atoms with Crippen LogP contribution in [0.5, 0.6) is 0 Å². The minimum atomic E-state index is -0.679. The number of carboxylic acid groups (broad SMARTS) is 1. The molecule has 2 bridgehead atoms. The van der Waals surface area contributed by atoms with E-state index in [-0.39, 0.29) is 11.8 Å². The fraction of sp³-hybridized carbons (Fsp3) is 0.750. The van der Waals surface area contributed by atoms with Crippen molar-refractivity contribution in [2.75, 3.05) is 0 Å². The zero-order chi connectivity index (χ0) is 8.72. The Morgan fingerprint density at radius 2 is 2.33 bits per heavy atom. The monoisotopic (exact) mass is 168 g/mol. The Kier molecular flexibility index (Phi) is 1.56. The van der Waals surface area contributed by atoms with Crippen molar-refractivity contribution in [1.82, 2.24) is 0 Å². The Balaban J connectivity index is 2.25. The summed E-state index contributed by atoms with van der Waals surface area (Å²) in [4.78, 5) is 10.8. The quantitative estimate of drug-likeness (QED) is 0.440. The lowest BCUT2D eigenvalue weighted by atomic mass is 9.98. The molecule has 2 aliphatic rings. The van der Waals surface area contributed by atoms with Crippen molar-refractivity contribution in [3.05, 3.63) is 0 Å². The topological polar surface area (TPSA) is 75.7 Å². The van der Waals surface area contributed by atoms with Crippen LogP contribution in [0.4, 0.5) is 0 Å². The predicted molar refractivity (Wildman–Crippen MR) is 43.6 cm³/mol. The number of carbonyl (C=O) groups is 1. The molecule has 0 amide bonds. The first kappa shape index (κ1) is 7.58. The summed E-state index contributed by atoms with van der Waals surface area (Å²) < 4.78 is 0. The molecule has 0 spiro atoms. The summed E-state index contributed by atoms with van der Waals surface area (Å²) in [6, 6.07) is 0. The molecule has 0 heterocycles. The van der Waals surface area contributed by atoms with Crippen LogP contribution in [0.3, 0.4) is 0 Å². The highest BCUT2D eigenvalue weighted by molar-refractivity contribution is 5.95. The first-order valence-electron chi connectivity index (χ1n) is 4.23. The van der Waals surface area contributed by atoms with Gasteiger partial charge in [-0.1, -0.05) is 0 Å². The maximum atomic E-state index is 10.8. The van der Waals surface area contributed by atoms with Crippen LogP contribution in [0, 0.1) is 17.8 Å². The zero-order valence-corrected chi connectivity index (χ0v) is 6.73. The van der Waals surface area contributed by atoms with E-state index in [0.29, 0.717) is 5.92 Å². The van der Waals surface area contributed by atoms with E-state index in [2.05, 4.69) is 5.10 Å². The van der Waals surface area contributed by atoms with E-state index in [1.54, 1.807) is 0 Å². The summed E-state index contributed by atoms with van der Waals surface area (Å²) in [5, 5.41) is 12.6. The number of carboxylic acids is 1. The molecule has 3 atom stereocenters. The number of hydrogen-bond donors (Lipinski definition) is 2. The lowest BCUT2D eigenvalue weighted by Crippen LogP contribution is -2.20. The molecule has 4 nitrogen and oxygen atoms in total. The molecule has 0 radical (unpaired) electrons. The number of hydrazone groups is 1. The molecule has 2 rings (SSSR count). The number of fused-ring (bicyclic) bond motifs is 2. The van der Waals surface area contributed by atoms with Gasteiger partial charge in [-0.2, -0.15) is 5.10 Å². The second-order valence-corrected chi connectivity index (χ2v) is 3.63. The lowest BCUT2D eigenvalue weighted by Gasteiger charge is -2.09. The van der Waals surface area contributed by atoms with Gasteiger partial charge in [0.1, 0.15) is 0 Å². The molecule has 0 saturated heterocycles. The van der Waals surface area contributed by atoms with Gasteiger partial charge >= 0.3 is 5.97 Å². The summed E-state index contributed by atoms with van der Waals surface area (Å²) in [5.41, 5.74) is 0.915. The third-order valence-electron chi connectivity index (χ3n) is 3.14. The van der Waals surface area contributed by atoms with E-state index in [1.807, 2.05) is 0 Å². The molecule has 0 aromatic carbocycles. The van der Waals surface area contributed by atoms with Crippen LogP contribution in [0.15, 0.2) is 5.10 Å². The summed E-state index contributed by atoms with van der Waals surface area (Å²) >= 11 is 0. The fourth-order valence-corrected chi connectivity index (χ4v) is 2.63. The average Bonchev–Trinajstić information content (AvgIpc) is 2.59. The van der Waals surface area contributed by atoms with E-state index in [9.17, 15) is 4.79 Å². The molecule has 0 aliphatic heterocycles. The van der Waals surface area contributed by atoms with Gasteiger partial charge in [-0.05, 0) is 25.2 Å². The van der Waals surface area contributed by atoms with Gasteiger partial charge in [-0.15, -0.1) is 0 Å². The van der Waals surface area contributed by atoms with Gasteiger partial charge in [0.2, 0.25) is 0 Å². The van der Waals surface area contributed by atoms with E-state index >= 15 is 0 Å². The van der Waals surface area contributed by atoms with Crippen molar-refractivity contribution in [2.24, 2.45) is 28.7 Å². The lowest BCUT2D eigenvalue weighted by molar-refractivity contribution is -0.143. The molecule has 4 heteroatoms. The van der Waals surface area contributed by atoms with Crippen LogP contribution in [-0.2, 0) is 4.79 Å². The fourth-order valence-electron chi connectivity index (χ4n) is 2.63. The molecule has 2 fully saturated rings. The molecule has 0 aromatic heterocycles. The summed E-state index contributed by atoms with van der Waals surface area (Å²) in [6.07, 6.45) is 2.79. The Morgan fingerprint density at radius 1 is 1.58 bits per heavy atom. The van der Waals surface area contributed by atoms with Gasteiger partial charge in [0.15, 0.2) is 0 Å². The minimum Gasteiger partial charge on any atom is -0.481 e. The molecule has 2 saturated carbocycles. The van der Waals surface area contributed by atoms with Gasteiger partial charge in [0, 0.05) is 11.6 Å². The normalized spacial score (nSPS) is 42.3. The second kappa shape index (κ2) is 2.47. The van der Waals surface area contributed by atoms with Crippen LogP contribution >= 0.6 is 0 Å². The van der Waals surface area contributed by atoms with Crippen LogP contribution in [0.25, 0.3) is 0 Å². The number of rotatable bonds is 1. The largest absolute Gasteiger partial charge is 0.481 e. The van der Waals surface area contributed by atoms with Crippen molar-refractivity contribution in [3.8, 4) is 0 Å². The Morgan fingerprint density at radius 3 is 2.75 bits per heavy atom. The van der Waals surface area contributed by atoms with Crippen LogP contribution in [-0.4, -0.2) is 16.8 Å². The molecule has 2 aliphatic carbocycles. The summed E-state index contributed by atoms with van der Waals surface area (Å²) in [6.45, 7) is 0. The minimum absolute atomic E-state index is 0.137. The average molecular weight is 168 g/mol. The molecule has 12 heavy (non-hydrogen) atoms. The van der Waals surface area contributed by atoms with E-state index < -0.39 is 5.97 Å². The van der Waals surface area contributed by atoms with E-state index in [1.165, 1.54) is 0 Å². The summed E-state index contributed by atoms with van der Waals surface area (Å²) in [7, 11) is 0. The standard InChI is InChI=1S/C8H12N2O2/c9-10-6-3-4-1-2-5(6)7(4)8(11)12/h4-5,7H,1-3,9H2,(H,11,12)/b10-6-/t4-,5-,7+/m1/s1. The molecule has 0 unspecified atom stereocenters. The highest BCUT2D eigenvalue weighted by Crippen LogP contribution is 2.47. The van der Waals surface area contributed by atoms with Gasteiger partial charge in [0.05, 0.1) is 5.92 Å². The van der Waals surface area contributed by atoms with Crippen molar-refractivity contribution in [2.45, 2.75) is 19.3 Å². The highest BCUT2D eigenvalue weighted by atomic mass is 16.4. The maximum Gasteiger partial charge on any atom is 0.307 e. The Hall–Kier alpha value is -1.06. The van der Waals surface area contributed by atoms with Crippen LogP contribution in [0.2, 0.25) is 0 Å². The van der Waals surface area contributed by atoms with E-state index in [4.69, 9.17) is 10.9 Å². The van der Waals surface area contributed by atoms with Gasteiger partial charge in [-0.3, -0.25) is 4.79 Å². The number of aliphatic carboxylic acids is 1. The molecule has 66 valence electrons. The van der Waals surface area contributed by atoms with Gasteiger partial charge in [0.25, 0.3) is 0 Å². The smallest absolute Gasteiger partial charge is 0.307 e. The molecular weight excluding hydrogens is 156 g/mol. The first-order chi connectivity index (χ1) is 5.74. The predicted octanol–water partition coefficient (Wildman–Crippen LogP) is 0.432. The molecule has 0 aromatic rings. The number of hydrogen-bond acceptors (Lipinski definition) is 3. The molecular formula is C8H12N2O2. The van der Waals surface area contributed by atoms with Crippen molar-refractivity contribution in [3.63, 3.8) is 0 Å². The van der Waals surface area contributed by atoms with Crippen LogP contribution < -0.4 is 5.84 Å². The van der Waals surface area contributed by atoms with Gasteiger partial charge in [-0.25, -0.2) is 0 Å². The maximum absolute atomic E-state index is 10.8. The Labute approximate surface area is 70.4 Å². The number of nitrogens with zero attached hydrogens (tertiary/aromatic N) is 1. The van der Waals surface area contributed by atoms with Crippen molar-refractivity contribution < 1.29 is 9.90 Å². The third-order valence-corrected chi connectivity index (χ3v) is 3.14. The molecule has 3 N–H and O–H groups in total. The van der Waals surface area contributed by atoms with Crippen molar-refractivity contribution >= 4 is 11.7 Å². The van der Waals surface area contributed by atoms with Gasteiger partial charge < -0.3 is 10.9 Å².